The van der Waals surface area contributed by atoms with Gasteiger partial charge < -0.3 is 0 Å². The van der Waals surface area contributed by atoms with E-state index in [1.165, 1.54) is 60.0 Å². The Bertz CT molecular complexity index is 461. The summed E-state index contributed by atoms with van der Waals surface area (Å²) in [7, 11) is 0.774. The maximum Gasteiger partial charge on any atom is 0.121 e. The van der Waals surface area contributed by atoms with Gasteiger partial charge in [0.05, 0.1) is 0 Å². The molecule has 2 aromatic rings. The molecule has 2 rings (SSSR count). The minimum absolute atomic E-state index is 0.774. The van der Waals surface area contributed by atoms with E-state index < -0.39 is 0 Å². The first-order chi connectivity index (χ1) is 10.3. The van der Waals surface area contributed by atoms with Crippen molar-refractivity contribution in [3.8, 4) is 0 Å². The third-order valence-electron chi connectivity index (χ3n) is 3.83. The normalized spacial score (nSPS) is 10.8. The summed E-state index contributed by atoms with van der Waals surface area (Å²) in [5.74, 6) is 0. The van der Waals surface area contributed by atoms with Crippen molar-refractivity contribution in [1.82, 2.24) is 0 Å². The zero-order valence-corrected chi connectivity index (χ0v) is 14.4. The largest absolute Gasteiger partial charge is 0.121 e. The van der Waals surface area contributed by atoms with E-state index >= 15 is 0 Å². The van der Waals surface area contributed by atoms with Gasteiger partial charge in [0.25, 0.3) is 0 Å². The number of aryl methyl sites for hydroxylation is 2. The van der Waals surface area contributed by atoms with E-state index in [4.69, 9.17) is 0 Å². The van der Waals surface area contributed by atoms with E-state index in [-0.39, 0.29) is 0 Å². The summed E-state index contributed by atoms with van der Waals surface area (Å²) in [6, 6.07) is 18.4. The Kier molecular flexibility index (Phi) is 6.75. The molecule has 0 heterocycles. The van der Waals surface area contributed by atoms with Crippen LogP contribution in [-0.2, 0) is 12.8 Å². The second-order valence-electron chi connectivity index (χ2n) is 5.73. The highest BCUT2D eigenvalue weighted by Crippen LogP contribution is 2.04. The molecule has 0 aromatic heterocycles. The standard InChI is InChI=1S/C20H26Si/c1-3-5-7-17-9-13-19(14-10-17)21-20-15-11-18(12-16-20)8-6-4-2/h9-16H,3-8H2,1-2H3. The van der Waals surface area contributed by atoms with Crippen LogP contribution in [-0.4, -0.2) is 9.52 Å². The predicted molar refractivity (Wildman–Crippen MR) is 95.1 cm³/mol. The van der Waals surface area contributed by atoms with Gasteiger partial charge in [0.1, 0.15) is 9.52 Å². The van der Waals surface area contributed by atoms with Crippen LogP contribution in [0.3, 0.4) is 0 Å². The fourth-order valence-electron chi connectivity index (χ4n) is 2.44. The summed E-state index contributed by atoms with van der Waals surface area (Å²) in [4.78, 5) is 0. The highest BCUT2D eigenvalue weighted by atomic mass is 28.2. The predicted octanol–water partition coefficient (Wildman–Crippen LogP) is 4.03. The molecule has 0 atom stereocenters. The van der Waals surface area contributed by atoms with Gasteiger partial charge in [-0.05, 0) is 36.8 Å². The van der Waals surface area contributed by atoms with E-state index in [9.17, 15) is 0 Å². The number of rotatable bonds is 8. The molecule has 0 aliphatic heterocycles. The lowest BCUT2D eigenvalue weighted by atomic mass is 10.1. The zero-order valence-electron chi connectivity index (χ0n) is 13.4. The van der Waals surface area contributed by atoms with Crippen LogP contribution in [0.2, 0.25) is 0 Å². The highest BCUT2D eigenvalue weighted by Gasteiger charge is 2.00. The van der Waals surface area contributed by atoms with Gasteiger partial charge in [-0.2, -0.15) is 0 Å². The molecule has 2 aromatic carbocycles. The summed E-state index contributed by atoms with van der Waals surface area (Å²) in [5, 5.41) is 2.88. The molecule has 0 nitrogen and oxygen atoms in total. The third kappa shape index (κ3) is 5.51. The first-order valence-electron chi connectivity index (χ1n) is 8.26. The lowest BCUT2D eigenvalue weighted by Gasteiger charge is -2.05. The van der Waals surface area contributed by atoms with Crippen molar-refractivity contribution in [3.05, 3.63) is 59.7 Å². The van der Waals surface area contributed by atoms with E-state index in [1.807, 2.05) is 0 Å². The van der Waals surface area contributed by atoms with Crippen molar-refractivity contribution >= 4 is 19.9 Å². The third-order valence-corrected chi connectivity index (χ3v) is 5.08. The van der Waals surface area contributed by atoms with Crippen LogP contribution in [0.15, 0.2) is 48.5 Å². The molecule has 0 spiro atoms. The van der Waals surface area contributed by atoms with Crippen LogP contribution in [0.1, 0.15) is 50.7 Å². The molecule has 0 N–H and O–H groups in total. The van der Waals surface area contributed by atoms with E-state index in [2.05, 4.69) is 62.4 Å². The van der Waals surface area contributed by atoms with Gasteiger partial charge in [0.15, 0.2) is 0 Å². The number of unbranched alkanes of at least 4 members (excludes halogenated alkanes) is 2. The number of hydrogen-bond donors (Lipinski definition) is 0. The van der Waals surface area contributed by atoms with Crippen LogP contribution in [0, 0.1) is 0 Å². The second-order valence-corrected chi connectivity index (χ2v) is 7.13. The lowest BCUT2D eigenvalue weighted by molar-refractivity contribution is 0.795. The summed E-state index contributed by atoms with van der Waals surface area (Å²) < 4.78 is 0. The molecule has 0 amide bonds. The zero-order chi connectivity index (χ0) is 14.9. The van der Waals surface area contributed by atoms with Crippen LogP contribution in [0.5, 0.6) is 0 Å². The van der Waals surface area contributed by atoms with Crippen molar-refractivity contribution in [2.24, 2.45) is 0 Å². The highest BCUT2D eigenvalue weighted by molar-refractivity contribution is 6.67. The molecular formula is C20H26Si. The van der Waals surface area contributed by atoms with Gasteiger partial charge in [0.2, 0.25) is 0 Å². The molecule has 0 aliphatic rings. The molecule has 0 saturated heterocycles. The fraction of sp³-hybridized carbons (Fsp3) is 0.400. The average Bonchev–Trinajstić information content (AvgIpc) is 2.53. The summed E-state index contributed by atoms with van der Waals surface area (Å²) >= 11 is 0. The van der Waals surface area contributed by atoms with Crippen LogP contribution in [0.25, 0.3) is 0 Å². The monoisotopic (exact) mass is 294 g/mol. The Balaban J connectivity index is 1.91. The molecule has 110 valence electrons. The first-order valence-corrected chi connectivity index (χ1v) is 9.26. The number of benzene rings is 2. The van der Waals surface area contributed by atoms with Crippen molar-refractivity contribution < 1.29 is 0 Å². The smallest absolute Gasteiger partial charge is 0.0654 e. The molecule has 0 aliphatic carbocycles. The van der Waals surface area contributed by atoms with Crippen molar-refractivity contribution in [3.63, 3.8) is 0 Å². The topological polar surface area (TPSA) is 0 Å². The van der Waals surface area contributed by atoms with Crippen LogP contribution >= 0.6 is 0 Å². The van der Waals surface area contributed by atoms with E-state index in [0.717, 1.165) is 9.52 Å². The quantitative estimate of drug-likeness (QED) is 0.645. The summed E-state index contributed by atoms with van der Waals surface area (Å²) in [6.45, 7) is 4.50. The average molecular weight is 295 g/mol. The van der Waals surface area contributed by atoms with Crippen molar-refractivity contribution in [2.75, 3.05) is 0 Å². The van der Waals surface area contributed by atoms with Gasteiger partial charge in [-0.15, -0.1) is 0 Å². The maximum atomic E-state index is 2.30. The molecule has 0 unspecified atom stereocenters. The minimum atomic E-state index is 0.774. The summed E-state index contributed by atoms with van der Waals surface area (Å²) in [6.07, 6.45) is 7.56. The van der Waals surface area contributed by atoms with Gasteiger partial charge in [-0.3, -0.25) is 0 Å². The Hall–Kier alpha value is -1.34. The Morgan fingerprint density at radius 1 is 0.619 bits per heavy atom. The Morgan fingerprint density at radius 2 is 1.00 bits per heavy atom. The molecule has 2 radical (unpaired) electrons. The van der Waals surface area contributed by atoms with Gasteiger partial charge in [-0.1, -0.05) is 85.6 Å². The van der Waals surface area contributed by atoms with Gasteiger partial charge >= 0.3 is 0 Å². The SMILES string of the molecule is CCCCc1ccc([Si]c2ccc(CCCC)cc2)cc1. The molecule has 0 fully saturated rings. The molecule has 0 bridgehead atoms. The van der Waals surface area contributed by atoms with Crippen molar-refractivity contribution in [1.29, 1.82) is 0 Å². The second kappa shape index (κ2) is 8.84. The summed E-state index contributed by atoms with van der Waals surface area (Å²) in [5.41, 5.74) is 2.95. The maximum absolute atomic E-state index is 2.30. The number of hydrogen-bond acceptors (Lipinski definition) is 0. The van der Waals surface area contributed by atoms with E-state index in [1.54, 1.807) is 0 Å². The Labute approximate surface area is 132 Å². The van der Waals surface area contributed by atoms with Crippen LogP contribution < -0.4 is 10.4 Å². The molecular weight excluding hydrogens is 268 g/mol. The molecule has 1 heteroatoms. The van der Waals surface area contributed by atoms with Crippen molar-refractivity contribution in [2.45, 2.75) is 52.4 Å². The first kappa shape index (κ1) is 16.0. The lowest BCUT2D eigenvalue weighted by Crippen LogP contribution is -2.26. The molecule has 0 saturated carbocycles. The van der Waals surface area contributed by atoms with Crippen LogP contribution in [0.4, 0.5) is 0 Å². The van der Waals surface area contributed by atoms with E-state index in [0.29, 0.717) is 0 Å². The molecule has 21 heavy (non-hydrogen) atoms. The van der Waals surface area contributed by atoms with Gasteiger partial charge in [-0.25, -0.2) is 0 Å². The fourth-order valence-corrected chi connectivity index (χ4v) is 3.44. The Morgan fingerprint density at radius 3 is 1.33 bits per heavy atom. The van der Waals surface area contributed by atoms with Gasteiger partial charge in [0, 0.05) is 0 Å². The minimum Gasteiger partial charge on any atom is -0.0654 e.